The van der Waals surface area contributed by atoms with Gasteiger partial charge in [-0.15, -0.1) is 0 Å². The lowest BCUT2D eigenvalue weighted by atomic mass is 10.1. The molecule has 0 bridgehead atoms. The van der Waals surface area contributed by atoms with Gasteiger partial charge in [0.25, 0.3) is 5.84 Å². The predicted molar refractivity (Wildman–Crippen MR) is 165 cm³/mol. The Bertz CT molecular complexity index is 1550. The molecule has 0 aromatic heterocycles. The zero-order valence-electron chi connectivity index (χ0n) is 24.3. The zero-order chi connectivity index (χ0) is 31.5. The number of ether oxygens (including phenoxy) is 1. The molecule has 0 aliphatic carbocycles. The standard InChI is InChI=1S/C32H33N4O7P.ClH/c1-22(37)28(35-32(39)41-21-23-11-5-2-6-12-23)30(38)36-31(25-19-17-24(18-20-25)29(33)34)44(40,42-26-13-7-3-8-14-26)43-27-15-9-4-10-16-27;/h2-20,22,28,31,37H,21H2,1H3,(H3,33,34)(H,35,39)(H,36,38);1H/t22-,28+,31?;/m1./s1. The molecule has 4 aromatic carbocycles. The summed E-state index contributed by atoms with van der Waals surface area (Å²) in [6.07, 6.45) is -2.30. The number of carbonyl (C=O) groups is 2. The van der Waals surface area contributed by atoms with Crippen LogP contribution in [0.3, 0.4) is 0 Å². The van der Waals surface area contributed by atoms with Gasteiger partial charge in [0, 0.05) is 0 Å². The van der Waals surface area contributed by atoms with E-state index >= 15 is 0 Å². The van der Waals surface area contributed by atoms with Crippen molar-refractivity contribution in [3.05, 3.63) is 132 Å². The van der Waals surface area contributed by atoms with Crippen molar-refractivity contribution in [1.29, 1.82) is 0 Å². The third-order valence-corrected chi connectivity index (χ3v) is 8.35. The maximum absolute atomic E-state index is 14.8. The summed E-state index contributed by atoms with van der Waals surface area (Å²) in [6.45, 7) is 1.27. The largest absolute Gasteiger partial charge is 1.00 e. The molecule has 4 rings (SSSR count). The van der Waals surface area contributed by atoms with Crippen molar-refractivity contribution in [2.45, 2.75) is 31.5 Å². The third-order valence-electron chi connectivity index (χ3n) is 6.36. The van der Waals surface area contributed by atoms with Gasteiger partial charge in [-0.05, 0) is 54.4 Å². The van der Waals surface area contributed by atoms with Gasteiger partial charge in [-0.2, -0.15) is 0 Å². The fourth-order valence-electron chi connectivity index (χ4n) is 4.10. The van der Waals surface area contributed by atoms with Gasteiger partial charge in [-0.25, -0.2) is 9.36 Å². The first-order valence-electron chi connectivity index (χ1n) is 13.7. The summed E-state index contributed by atoms with van der Waals surface area (Å²) in [5.74, 6) is -1.79. The maximum Gasteiger partial charge on any atom is 0.457 e. The molecule has 0 saturated heterocycles. The van der Waals surface area contributed by atoms with E-state index in [0.29, 0.717) is 11.1 Å². The van der Waals surface area contributed by atoms with E-state index in [4.69, 9.17) is 24.9 Å². The molecule has 1 unspecified atom stereocenters. The van der Waals surface area contributed by atoms with Crippen LogP contribution in [0.4, 0.5) is 4.79 Å². The quantitative estimate of drug-likeness (QED) is 0.0779. The van der Waals surface area contributed by atoms with Crippen molar-refractivity contribution in [2.75, 3.05) is 0 Å². The second-order valence-electron chi connectivity index (χ2n) is 9.76. The van der Waals surface area contributed by atoms with Crippen molar-refractivity contribution in [1.82, 2.24) is 10.6 Å². The summed E-state index contributed by atoms with van der Waals surface area (Å²) in [6, 6.07) is 30.4. The highest BCUT2D eigenvalue weighted by molar-refractivity contribution is 7.55. The van der Waals surface area contributed by atoms with E-state index in [1.54, 1.807) is 109 Å². The van der Waals surface area contributed by atoms with Crippen LogP contribution in [-0.4, -0.2) is 35.1 Å². The Morgan fingerprint density at radius 3 is 1.78 bits per heavy atom. The fourth-order valence-corrected chi connectivity index (χ4v) is 6.01. The predicted octanol–water partition coefficient (Wildman–Crippen LogP) is 0.297. The number of para-hydroxylation sites is 2. The van der Waals surface area contributed by atoms with Crippen LogP contribution >= 0.6 is 7.60 Å². The Balaban J connectivity index is 0.00000552. The molecule has 0 aliphatic heterocycles. The molecule has 3 atom stereocenters. The average Bonchev–Trinajstić information content (AvgIpc) is 3.02. The van der Waals surface area contributed by atoms with Crippen molar-refractivity contribution < 1.29 is 50.9 Å². The lowest BCUT2D eigenvalue weighted by Crippen LogP contribution is -3.00. The van der Waals surface area contributed by atoms with E-state index < -0.39 is 37.5 Å². The van der Waals surface area contributed by atoms with Crippen molar-refractivity contribution in [3.8, 4) is 11.5 Å². The number of rotatable bonds is 13. The molecular weight excluding hydrogens is 619 g/mol. The van der Waals surface area contributed by atoms with Crippen molar-refractivity contribution >= 4 is 25.4 Å². The molecule has 2 amide bonds. The number of carbonyl (C=O) groups excluding carboxylic acids is 2. The van der Waals surface area contributed by atoms with Gasteiger partial charge in [-0.1, -0.05) is 78.9 Å². The number of nitrogens with one attached hydrogen (secondary N) is 2. The Morgan fingerprint density at radius 2 is 1.31 bits per heavy atom. The molecule has 0 fully saturated rings. The van der Waals surface area contributed by atoms with Gasteiger partial charge in [0.2, 0.25) is 5.91 Å². The first-order valence-corrected chi connectivity index (χ1v) is 15.3. The summed E-state index contributed by atoms with van der Waals surface area (Å²) in [5, 5.41) is 21.3. The Hall–Kier alpha value is -4.83. The molecule has 4 aromatic rings. The Kier molecular flexibility index (Phi) is 12.6. The summed E-state index contributed by atoms with van der Waals surface area (Å²) < 4.78 is 32.0. The normalized spacial score (nSPS) is 12.8. The Labute approximate surface area is 267 Å². The summed E-state index contributed by atoms with van der Waals surface area (Å²) in [4.78, 5) is 26.3. The molecule has 7 N–H and O–H groups in total. The van der Waals surface area contributed by atoms with E-state index in [1.165, 1.54) is 6.92 Å². The second-order valence-corrected chi connectivity index (χ2v) is 11.7. The highest BCUT2D eigenvalue weighted by atomic mass is 35.5. The van der Waals surface area contributed by atoms with Crippen molar-refractivity contribution in [2.24, 2.45) is 5.73 Å². The molecule has 13 heteroatoms. The summed E-state index contributed by atoms with van der Waals surface area (Å²) in [7, 11) is -4.37. The highest BCUT2D eigenvalue weighted by Crippen LogP contribution is 2.59. The summed E-state index contributed by atoms with van der Waals surface area (Å²) >= 11 is 0. The molecule has 0 spiro atoms. The molecular formula is C32H34ClN4O7P. The van der Waals surface area contributed by atoms with Crippen LogP contribution in [0.2, 0.25) is 0 Å². The molecule has 45 heavy (non-hydrogen) atoms. The third kappa shape index (κ3) is 9.84. The van der Waals surface area contributed by atoms with Crippen LogP contribution in [0.5, 0.6) is 11.5 Å². The first-order chi connectivity index (χ1) is 21.1. The zero-order valence-corrected chi connectivity index (χ0v) is 25.9. The molecule has 11 nitrogen and oxygen atoms in total. The van der Waals surface area contributed by atoms with E-state index in [0.717, 1.165) is 5.56 Å². The second kappa shape index (κ2) is 16.3. The van der Waals surface area contributed by atoms with E-state index in [9.17, 15) is 19.3 Å². The SMILES string of the molecule is C[C@@H](O)[C@H](NC(=O)OCc1ccccc1)C(=O)NC(c1ccc(C(N)=[NH2+])cc1)P(=O)(Oc1ccccc1)Oc1ccccc1.[Cl-]. The average molecular weight is 653 g/mol. The van der Waals surface area contributed by atoms with Gasteiger partial charge in [-0.3, -0.25) is 15.9 Å². The van der Waals surface area contributed by atoms with E-state index in [1.807, 2.05) is 6.07 Å². The molecule has 236 valence electrons. The highest BCUT2D eigenvalue weighted by Gasteiger charge is 2.43. The van der Waals surface area contributed by atoms with Gasteiger partial charge in [0.15, 0.2) is 5.78 Å². The van der Waals surface area contributed by atoms with Gasteiger partial charge < -0.3 is 41.9 Å². The number of hydrogen-bond acceptors (Lipinski definition) is 7. The van der Waals surface area contributed by atoms with Gasteiger partial charge in [0.05, 0.1) is 11.7 Å². The minimum absolute atomic E-state index is 0. The van der Waals surface area contributed by atoms with Crippen LogP contribution in [0, 0.1) is 0 Å². The topological polar surface area (TPSA) is 175 Å². The van der Waals surface area contributed by atoms with Crippen LogP contribution in [-0.2, 0) is 20.7 Å². The minimum atomic E-state index is -4.37. The number of alkyl carbamates (subject to hydrolysis) is 1. The van der Waals surface area contributed by atoms with E-state index in [-0.39, 0.29) is 36.3 Å². The van der Waals surface area contributed by atoms with E-state index in [2.05, 4.69) is 10.6 Å². The Morgan fingerprint density at radius 1 is 0.822 bits per heavy atom. The van der Waals surface area contributed by atoms with Crippen LogP contribution in [0.25, 0.3) is 0 Å². The number of nitrogens with two attached hydrogens (primary N) is 2. The smallest absolute Gasteiger partial charge is 0.457 e. The molecule has 0 aliphatic rings. The summed E-state index contributed by atoms with van der Waals surface area (Å²) in [5.41, 5.74) is 7.29. The minimum Gasteiger partial charge on any atom is -1.00 e. The number of hydrogen-bond donors (Lipinski definition) is 5. The van der Waals surface area contributed by atoms with Crippen LogP contribution in [0.15, 0.2) is 115 Å². The van der Waals surface area contributed by atoms with Crippen molar-refractivity contribution in [3.63, 3.8) is 0 Å². The number of benzene rings is 4. The molecule has 0 saturated carbocycles. The number of aliphatic hydroxyl groups excluding tert-OH is 1. The number of halogens is 1. The van der Waals surface area contributed by atoms with Crippen LogP contribution in [0.1, 0.15) is 29.4 Å². The lowest BCUT2D eigenvalue weighted by molar-refractivity contribution is -0.125. The fraction of sp³-hybridized carbons (Fsp3) is 0.156. The maximum atomic E-state index is 14.8. The first kappa shape index (κ1) is 34.7. The molecule has 0 radical (unpaired) electrons. The van der Waals surface area contributed by atoms with Crippen LogP contribution < -0.4 is 43.2 Å². The molecule has 0 heterocycles. The number of amidine groups is 1. The monoisotopic (exact) mass is 652 g/mol. The number of amides is 2. The van der Waals surface area contributed by atoms with Gasteiger partial charge >= 0.3 is 13.7 Å². The van der Waals surface area contributed by atoms with Gasteiger partial charge in [0.1, 0.15) is 24.1 Å². The number of aliphatic hydroxyl groups is 1. The lowest BCUT2D eigenvalue weighted by Gasteiger charge is -2.30.